The molecule has 3 nitrogen and oxygen atoms in total. The van der Waals surface area contributed by atoms with Gasteiger partial charge in [-0.05, 0) is 0 Å². The number of carbonyl (C=O) groups is 1. The molecule has 0 saturated heterocycles. The fraction of sp³-hybridized carbons (Fsp3) is 0.500. The van der Waals surface area contributed by atoms with E-state index in [1.807, 2.05) is 0 Å². The SMILES string of the molecule is CCC(O)=C(F)C(=O)OC. The predicted molar refractivity (Wildman–Crippen MR) is 33.1 cm³/mol. The average molecular weight is 148 g/mol. The summed E-state index contributed by atoms with van der Waals surface area (Å²) in [6.45, 7) is 1.53. The zero-order valence-electron chi connectivity index (χ0n) is 5.85. The van der Waals surface area contributed by atoms with Gasteiger partial charge in [-0.15, -0.1) is 0 Å². The second-order valence-corrected chi connectivity index (χ2v) is 1.61. The first-order valence-corrected chi connectivity index (χ1v) is 2.79. The standard InChI is InChI=1S/C6H9FO3/c1-3-4(8)5(7)6(9)10-2/h8H,3H2,1-2H3. The zero-order chi connectivity index (χ0) is 8.15. The summed E-state index contributed by atoms with van der Waals surface area (Å²) in [5.74, 6) is -2.93. The van der Waals surface area contributed by atoms with Gasteiger partial charge < -0.3 is 9.84 Å². The van der Waals surface area contributed by atoms with E-state index in [2.05, 4.69) is 4.74 Å². The minimum atomic E-state index is -1.22. The monoisotopic (exact) mass is 148 g/mol. The first-order chi connectivity index (χ1) is 4.63. The smallest absolute Gasteiger partial charge is 0.370 e. The molecule has 0 bridgehead atoms. The molecule has 0 fully saturated rings. The van der Waals surface area contributed by atoms with Crippen molar-refractivity contribution in [2.24, 2.45) is 0 Å². The van der Waals surface area contributed by atoms with E-state index in [0.717, 1.165) is 7.11 Å². The van der Waals surface area contributed by atoms with Crippen LogP contribution in [0.3, 0.4) is 0 Å². The molecule has 0 aromatic carbocycles. The molecule has 0 heterocycles. The second-order valence-electron chi connectivity index (χ2n) is 1.61. The van der Waals surface area contributed by atoms with Crippen molar-refractivity contribution >= 4 is 5.97 Å². The lowest BCUT2D eigenvalue weighted by Gasteiger charge is -1.96. The number of methoxy groups -OCH3 is 1. The van der Waals surface area contributed by atoms with Crippen molar-refractivity contribution in [3.8, 4) is 0 Å². The molecule has 1 N–H and O–H groups in total. The van der Waals surface area contributed by atoms with Gasteiger partial charge in [0.25, 0.3) is 0 Å². The van der Waals surface area contributed by atoms with Gasteiger partial charge in [0.05, 0.1) is 7.11 Å². The molecule has 0 aromatic heterocycles. The summed E-state index contributed by atoms with van der Waals surface area (Å²) in [6.07, 6.45) is 0.0843. The van der Waals surface area contributed by atoms with Crippen LogP contribution >= 0.6 is 0 Å². The van der Waals surface area contributed by atoms with Gasteiger partial charge in [0, 0.05) is 6.42 Å². The van der Waals surface area contributed by atoms with E-state index in [-0.39, 0.29) is 6.42 Å². The summed E-state index contributed by atoms with van der Waals surface area (Å²) < 4.78 is 16.3. The van der Waals surface area contributed by atoms with Crippen LogP contribution < -0.4 is 0 Å². The maximum Gasteiger partial charge on any atom is 0.370 e. The number of ether oxygens (including phenoxy) is 1. The number of allylic oxidation sites excluding steroid dienone is 1. The lowest BCUT2D eigenvalue weighted by atomic mass is 10.3. The third-order valence-corrected chi connectivity index (χ3v) is 0.953. The Labute approximate surface area is 58.1 Å². The van der Waals surface area contributed by atoms with Crippen molar-refractivity contribution in [2.45, 2.75) is 13.3 Å². The minimum Gasteiger partial charge on any atom is -0.509 e. The summed E-state index contributed by atoms with van der Waals surface area (Å²) >= 11 is 0. The number of halogens is 1. The lowest BCUT2D eigenvalue weighted by Crippen LogP contribution is -2.03. The highest BCUT2D eigenvalue weighted by molar-refractivity contribution is 5.86. The average Bonchev–Trinajstić information content (AvgIpc) is 2.00. The van der Waals surface area contributed by atoms with Gasteiger partial charge in [0.2, 0.25) is 5.83 Å². The molecule has 4 heteroatoms. The summed E-state index contributed by atoms with van der Waals surface area (Å²) in [5, 5.41) is 8.63. The van der Waals surface area contributed by atoms with Crippen LogP contribution in [0.15, 0.2) is 11.6 Å². The highest BCUT2D eigenvalue weighted by Gasteiger charge is 2.12. The predicted octanol–water partition coefficient (Wildman–Crippen LogP) is 1.31. The Morgan fingerprint density at radius 3 is 2.50 bits per heavy atom. The normalized spacial score (nSPS) is 12.3. The Morgan fingerprint density at radius 2 is 2.20 bits per heavy atom. The topological polar surface area (TPSA) is 46.5 Å². The summed E-state index contributed by atoms with van der Waals surface area (Å²) in [5.41, 5.74) is 0. The maximum atomic E-state index is 12.3. The lowest BCUT2D eigenvalue weighted by molar-refractivity contribution is -0.138. The third kappa shape index (κ3) is 2.05. The van der Waals surface area contributed by atoms with E-state index in [9.17, 15) is 9.18 Å². The van der Waals surface area contributed by atoms with Crippen molar-refractivity contribution < 1.29 is 19.0 Å². The van der Waals surface area contributed by atoms with Crippen LogP contribution in [0.4, 0.5) is 4.39 Å². The Balaban J connectivity index is 4.30. The molecule has 0 aliphatic carbocycles. The highest BCUT2D eigenvalue weighted by atomic mass is 19.1. The molecular formula is C6H9FO3. The van der Waals surface area contributed by atoms with Crippen LogP contribution in [0.1, 0.15) is 13.3 Å². The van der Waals surface area contributed by atoms with E-state index in [1.54, 1.807) is 0 Å². The first kappa shape index (κ1) is 8.94. The zero-order valence-corrected chi connectivity index (χ0v) is 5.85. The first-order valence-electron chi connectivity index (χ1n) is 2.79. The third-order valence-electron chi connectivity index (χ3n) is 0.953. The fourth-order valence-electron chi connectivity index (χ4n) is 0.363. The number of aliphatic hydroxyl groups is 1. The quantitative estimate of drug-likeness (QED) is 0.365. The van der Waals surface area contributed by atoms with Gasteiger partial charge in [-0.25, -0.2) is 4.79 Å². The number of aliphatic hydroxyl groups excluding tert-OH is 1. The van der Waals surface area contributed by atoms with Crippen LogP contribution in [0, 0.1) is 0 Å². The van der Waals surface area contributed by atoms with E-state index >= 15 is 0 Å². The summed E-state index contributed by atoms with van der Waals surface area (Å²) in [7, 11) is 1.05. The van der Waals surface area contributed by atoms with Gasteiger partial charge >= 0.3 is 5.97 Å². The van der Waals surface area contributed by atoms with Gasteiger partial charge in [-0.1, -0.05) is 6.92 Å². The van der Waals surface area contributed by atoms with E-state index in [1.165, 1.54) is 6.92 Å². The molecule has 58 valence electrons. The van der Waals surface area contributed by atoms with Crippen LogP contribution in [-0.2, 0) is 9.53 Å². The van der Waals surface area contributed by atoms with Crippen molar-refractivity contribution in [2.75, 3.05) is 7.11 Å². The van der Waals surface area contributed by atoms with Gasteiger partial charge in [-0.2, -0.15) is 4.39 Å². The Bertz CT molecular complexity index is 162. The van der Waals surface area contributed by atoms with Crippen molar-refractivity contribution in [3.63, 3.8) is 0 Å². The molecule has 10 heavy (non-hydrogen) atoms. The fourth-order valence-corrected chi connectivity index (χ4v) is 0.363. The van der Waals surface area contributed by atoms with Gasteiger partial charge in [-0.3, -0.25) is 0 Å². The largest absolute Gasteiger partial charge is 0.509 e. The van der Waals surface area contributed by atoms with Crippen LogP contribution in [0.25, 0.3) is 0 Å². The number of rotatable bonds is 2. The van der Waals surface area contributed by atoms with Crippen molar-refractivity contribution in [1.82, 2.24) is 0 Å². The minimum absolute atomic E-state index is 0.0843. The Hall–Kier alpha value is -1.06. The molecule has 0 rings (SSSR count). The molecule has 0 aliphatic rings. The summed E-state index contributed by atoms with van der Waals surface area (Å²) in [4.78, 5) is 10.3. The Kier molecular flexibility index (Phi) is 3.46. The highest BCUT2D eigenvalue weighted by Crippen LogP contribution is 2.07. The maximum absolute atomic E-state index is 12.3. The molecule has 0 aliphatic heterocycles. The number of hydrogen-bond donors (Lipinski definition) is 1. The van der Waals surface area contributed by atoms with Crippen LogP contribution in [-0.4, -0.2) is 18.2 Å². The van der Waals surface area contributed by atoms with Crippen molar-refractivity contribution in [3.05, 3.63) is 11.6 Å². The molecule has 0 saturated carbocycles. The molecule has 0 amide bonds. The number of carbonyl (C=O) groups excluding carboxylic acids is 1. The molecule has 0 unspecified atom stereocenters. The van der Waals surface area contributed by atoms with E-state index in [0.29, 0.717) is 0 Å². The Morgan fingerprint density at radius 1 is 1.70 bits per heavy atom. The molecule has 0 aromatic rings. The van der Waals surface area contributed by atoms with Gasteiger partial charge in [0.15, 0.2) is 0 Å². The van der Waals surface area contributed by atoms with Crippen molar-refractivity contribution in [1.29, 1.82) is 0 Å². The van der Waals surface area contributed by atoms with E-state index in [4.69, 9.17) is 5.11 Å². The molecule has 0 atom stereocenters. The second kappa shape index (κ2) is 3.87. The van der Waals surface area contributed by atoms with Crippen LogP contribution in [0.5, 0.6) is 0 Å². The van der Waals surface area contributed by atoms with E-state index < -0.39 is 17.6 Å². The van der Waals surface area contributed by atoms with Gasteiger partial charge in [0.1, 0.15) is 5.76 Å². The number of hydrogen-bond acceptors (Lipinski definition) is 3. The number of esters is 1. The molecule has 0 spiro atoms. The molecular weight excluding hydrogens is 139 g/mol. The van der Waals surface area contributed by atoms with Crippen LogP contribution in [0.2, 0.25) is 0 Å². The summed E-state index contributed by atoms with van der Waals surface area (Å²) in [6, 6.07) is 0. The molecule has 0 radical (unpaired) electrons.